The lowest BCUT2D eigenvalue weighted by molar-refractivity contribution is -0.121. The van der Waals surface area contributed by atoms with Crippen LogP contribution in [0.5, 0.6) is 0 Å². The maximum atomic E-state index is 11.2. The van der Waals surface area contributed by atoms with Gasteiger partial charge in [0, 0.05) is 13.1 Å². The van der Waals surface area contributed by atoms with Crippen molar-refractivity contribution in [1.82, 2.24) is 15.3 Å². The highest BCUT2D eigenvalue weighted by Crippen LogP contribution is 2.14. The topological polar surface area (TPSA) is 66.9 Å². The molecule has 0 aliphatic rings. The van der Waals surface area contributed by atoms with Crippen LogP contribution in [0.2, 0.25) is 0 Å². The molecule has 1 unspecified atom stereocenters. The van der Waals surface area contributed by atoms with Gasteiger partial charge >= 0.3 is 0 Å². The van der Waals surface area contributed by atoms with E-state index in [1.807, 2.05) is 12.3 Å². The average Bonchev–Trinajstić information content (AvgIpc) is 2.28. The van der Waals surface area contributed by atoms with E-state index in [9.17, 15) is 4.79 Å². The highest BCUT2D eigenvalue weighted by Gasteiger charge is 2.10. The second kappa shape index (κ2) is 5.55. The zero-order valence-electron chi connectivity index (χ0n) is 8.94. The Morgan fingerprint density at radius 3 is 2.87 bits per heavy atom. The Balaban J connectivity index is 2.67. The van der Waals surface area contributed by atoms with Gasteiger partial charge in [-0.25, -0.2) is 9.97 Å². The molecule has 0 saturated carbocycles. The number of amides is 1. The first-order valence-corrected chi connectivity index (χ1v) is 5.74. The quantitative estimate of drug-likeness (QED) is 0.585. The first kappa shape index (κ1) is 11.8. The summed E-state index contributed by atoms with van der Waals surface area (Å²) in [6, 6.07) is 1.50. The van der Waals surface area contributed by atoms with Crippen LogP contribution < -0.4 is 10.6 Å². The Kier molecular flexibility index (Phi) is 4.36. The van der Waals surface area contributed by atoms with Crippen molar-refractivity contribution in [3.63, 3.8) is 0 Å². The summed E-state index contributed by atoms with van der Waals surface area (Å²) in [7, 11) is 1.60. The fourth-order valence-corrected chi connectivity index (χ4v) is 1.42. The first-order chi connectivity index (χ1) is 7.17. The predicted octanol–water partition coefficient (Wildman–Crippen LogP) is 0.745. The molecule has 1 rings (SSSR count). The number of carbonyl (C=O) groups is 1. The van der Waals surface area contributed by atoms with Crippen LogP contribution in [0, 0.1) is 0 Å². The highest BCUT2D eigenvalue weighted by atomic mass is 32.2. The number of aromatic nitrogens is 2. The van der Waals surface area contributed by atoms with E-state index in [-0.39, 0.29) is 11.9 Å². The molecule has 1 amide bonds. The lowest BCUT2D eigenvalue weighted by atomic mass is 10.3. The molecule has 5 nitrogen and oxygen atoms in total. The molecular weight excluding hydrogens is 212 g/mol. The molecule has 6 heteroatoms. The molecule has 0 fully saturated rings. The Morgan fingerprint density at radius 2 is 2.27 bits per heavy atom. The summed E-state index contributed by atoms with van der Waals surface area (Å²) >= 11 is 1.53. The second-order valence-corrected chi connectivity index (χ2v) is 3.75. The number of hydrogen-bond acceptors (Lipinski definition) is 5. The molecule has 1 atom stereocenters. The number of rotatable bonds is 4. The molecule has 0 bridgehead atoms. The fraction of sp³-hybridized carbons (Fsp3) is 0.444. The fourth-order valence-electron chi connectivity index (χ4n) is 1.03. The molecule has 2 N–H and O–H groups in total. The Bertz CT molecular complexity index is 345. The van der Waals surface area contributed by atoms with E-state index in [2.05, 4.69) is 20.6 Å². The number of nitrogens with zero attached hydrogens (tertiary/aromatic N) is 2. The van der Waals surface area contributed by atoms with E-state index in [1.54, 1.807) is 14.0 Å². The van der Waals surface area contributed by atoms with Crippen molar-refractivity contribution < 1.29 is 4.79 Å². The molecule has 1 aromatic heterocycles. The minimum atomic E-state index is -0.306. The largest absolute Gasteiger partial charge is 0.358 e. The zero-order valence-corrected chi connectivity index (χ0v) is 9.76. The molecule has 0 radical (unpaired) electrons. The van der Waals surface area contributed by atoms with Gasteiger partial charge in [-0.15, -0.1) is 11.8 Å². The van der Waals surface area contributed by atoms with Crippen LogP contribution in [-0.2, 0) is 4.79 Å². The standard InChI is InChI=1S/C9H14N4OS/c1-6(9(14)10-2)13-7-4-8(15-3)12-5-11-7/h4-6H,1-3H3,(H,10,14)(H,11,12,13). The third-order valence-corrected chi connectivity index (χ3v) is 2.50. The SMILES string of the molecule is CNC(=O)C(C)Nc1cc(SC)ncn1. The van der Waals surface area contributed by atoms with E-state index < -0.39 is 0 Å². The van der Waals surface area contributed by atoms with Gasteiger partial charge in [0.2, 0.25) is 5.91 Å². The lowest BCUT2D eigenvalue weighted by Gasteiger charge is -2.12. The van der Waals surface area contributed by atoms with Gasteiger partial charge < -0.3 is 10.6 Å². The third-order valence-electron chi connectivity index (χ3n) is 1.86. The molecule has 15 heavy (non-hydrogen) atoms. The van der Waals surface area contributed by atoms with E-state index in [4.69, 9.17) is 0 Å². The van der Waals surface area contributed by atoms with Crippen molar-refractivity contribution in [2.75, 3.05) is 18.6 Å². The number of hydrogen-bond donors (Lipinski definition) is 2. The third kappa shape index (κ3) is 3.39. The normalized spacial score (nSPS) is 11.9. The summed E-state index contributed by atoms with van der Waals surface area (Å²) in [6.45, 7) is 1.78. The molecule has 0 aliphatic carbocycles. The molecule has 0 aliphatic heterocycles. The van der Waals surface area contributed by atoms with Crippen LogP contribution in [0.4, 0.5) is 5.82 Å². The van der Waals surface area contributed by atoms with Crippen molar-refractivity contribution in [1.29, 1.82) is 0 Å². The highest BCUT2D eigenvalue weighted by molar-refractivity contribution is 7.98. The maximum absolute atomic E-state index is 11.2. The van der Waals surface area contributed by atoms with Gasteiger partial charge in [-0.2, -0.15) is 0 Å². The molecule has 1 aromatic rings. The van der Waals surface area contributed by atoms with Gasteiger partial charge in [-0.3, -0.25) is 4.79 Å². The minimum absolute atomic E-state index is 0.0701. The number of nitrogens with one attached hydrogen (secondary N) is 2. The molecular formula is C9H14N4OS. The Labute approximate surface area is 93.1 Å². The molecule has 0 spiro atoms. The summed E-state index contributed by atoms with van der Waals surface area (Å²) in [6.07, 6.45) is 3.42. The van der Waals surface area contributed by atoms with Crippen LogP contribution in [-0.4, -0.2) is 35.2 Å². The average molecular weight is 226 g/mol. The van der Waals surface area contributed by atoms with E-state index >= 15 is 0 Å². The van der Waals surface area contributed by atoms with E-state index in [0.717, 1.165) is 5.03 Å². The first-order valence-electron chi connectivity index (χ1n) is 4.51. The number of likely N-dealkylation sites (N-methyl/N-ethyl adjacent to an activating group) is 1. The van der Waals surface area contributed by atoms with Crippen LogP contribution in [0.25, 0.3) is 0 Å². The maximum Gasteiger partial charge on any atom is 0.241 e. The monoisotopic (exact) mass is 226 g/mol. The summed E-state index contributed by atoms with van der Waals surface area (Å²) in [5.74, 6) is 0.588. The minimum Gasteiger partial charge on any atom is -0.358 e. The summed E-state index contributed by atoms with van der Waals surface area (Å²) in [4.78, 5) is 19.3. The van der Waals surface area contributed by atoms with Gasteiger partial charge in [0.1, 0.15) is 23.2 Å². The van der Waals surface area contributed by atoms with Gasteiger partial charge in [0.05, 0.1) is 0 Å². The van der Waals surface area contributed by atoms with Crippen molar-refractivity contribution >= 4 is 23.5 Å². The number of carbonyl (C=O) groups excluding carboxylic acids is 1. The molecule has 1 heterocycles. The molecule has 0 aromatic carbocycles. The van der Waals surface area contributed by atoms with Crippen molar-refractivity contribution in [3.8, 4) is 0 Å². The Hall–Kier alpha value is -1.30. The predicted molar refractivity (Wildman–Crippen MR) is 61.0 cm³/mol. The summed E-state index contributed by atoms with van der Waals surface area (Å²) in [5, 5.41) is 6.43. The van der Waals surface area contributed by atoms with Crippen molar-refractivity contribution in [3.05, 3.63) is 12.4 Å². The number of thioether (sulfide) groups is 1. The molecule has 82 valence electrons. The van der Waals surface area contributed by atoms with Crippen molar-refractivity contribution in [2.45, 2.75) is 18.0 Å². The van der Waals surface area contributed by atoms with Crippen LogP contribution in [0.1, 0.15) is 6.92 Å². The van der Waals surface area contributed by atoms with Gasteiger partial charge in [-0.05, 0) is 13.2 Å². The van der Waals surface area contributed by atoms with Crippen LogP contribution in [0.3, 0.4) is 0 Å². The van der Waals surface area contributed by atoms with Gasteiger partial charge in [0.25, 0.3) is 0 Å². The lowest BCUT2D eigenvalue weighted by Crippen LogP contribution is -2.35. The summed E-state index contributed by atoms with van der Waals surface area (Å²) < 4.78 is 0. The molecule has 0 saturated heterocycles. The van der Waals surface area contributed by atoms with Crippen LogP contribution in [0.15, 0.2) is 17.4 Å². The zero-order chi connectivity index (χ0) is 11.3. The second-order valence-electron chi connectivity index (χ2n) is 2.93. The van der Waals surface area contributed by atoms with E-state index in [1.165, 1.54) is 18.1 Å². The van der Waals surface area contributed by atoms with Gasteiger partial charge in [0.15, 0.2) is 0 Å². The Morgan fingerprint density at radius 1 is 1.53 bits per heavy atom. The van der Waals surface area contributed by atoms with Crippen molar-refractivity contribution in [2.24, 2.45) is 0 Å². The van der Waals surface area contributed by atoms with Crippen LogP contribution >= 0.6 is 11.8 Å². The smallest absolute Gasteiger partial charge is 0.241 e. The van der Waals surface area contributed by atoms with Gasteiger partial charge in [-0.1, -0.05) is 0 Å². The number of anilines is 1. The van der Waals surface area contributed by atoms with E-state index in [0.29, 0.717) is 5.82 Å². The summed E-state index contributed by atoms with van der Waals surface area (Å²) in [5.41, 5.74) is 0.